The van der Waals surface area contributed by atoms with Gasteiger partial charge in [-0.25, -0.2) is 4.79 Å². The summed E-state index contributed by atoms with van der Waals surface area (Å²) in [5.41, 5.74) is -5.38. The largest absolute Gasteiger partial charge is 0.541 e. The van der Waals surface area contributed by atoms with Crippen molar-refractivity contribution in [2.75, 3.05) is 0 Å². The molecule has 0 fully saturated rings. The van der Waals surface area contributed by atoms with Crippen LogP contribution in [-0.4, -0.2) is 31.5 Å². The summed E-state index contributed by atoms with van der Waals surface area (Å²) in [5, 5.41) is 45.1. The van der Waals surface area contributed by atoms with Crippen LogP contribution in [0.3, 0.4) is 0 Å². The van der Waals surface area contributed by atoms with Crippen molar-refractivity contribution in [3.8, 4) is 0 Å². The average molecular weight is 247 g/mol. The van der Waals surface area contributed by atoms with Gasteiger partial charge in [0.2, 0.25) is 0 Å². The van der Waals surface area contributed by atoms with E-state index in [4.69, 9.17) is 5.11 Å². The standard InChI is InChI=1S/C4HN5O8/c10-3(11)4(9(16)17)1(7(12)13)2(5-6-4)8(14)15/h(H,10,11). The van der Waals surface area contributed by atoms with Gasteiger partial charge in [-0.05, 0) is 4.92 Å². The third kappa shape index (κ3) is 1.45. The SMILES string of the molecule is O=C(O)C1([N+](=O)[O-])N=NC([N+](=O)[O-])=C1[N+](=O)[O-]. The number of carbonyl (C=O) groups is 1. The molecule has 0 bridgehead atoms. The van der Waals surface area contributed by atoms with E-state index in [0.29, 0.717) is 0 Å². The van der Waals surface area contributed by atoms with Crippen LogP contribution in [0.15, 0.2) is 21.7 Å². The molecule has 1 rings (SSSR count). The Bertz CT molecular complexity index is 490. The molecule has 13 heteroatoms. The van der Waals surface area contributed by atoms with E-state index in [1.54, 1.807) is 0 Å². The summed E-state index contributed by atoms with van der Waals surface area (Å²) in [6, 6.07) is 0. The van der Waals surface area contributed by atoms with Crippen molar-refractivity contribution in [3.05, 3.63) is 41.9 Å². The third-order valence-electron chi connectivity index (χ3n) is 1.75. The second-order valence-corrected chi connectivity index (χ2v) is 2.62. The fourth-order valence-electron chi connectivity index (χ4n) is 1.05. The van der Waals surface area contributed by atoms with Gasteiger partial charge in [0.25, 0.3) is 0 Å². The summed E-state index contributed by atoms with van der Waals surface area (Å²) in [7, 11) is 0. The predicted molar refractivity (Wildman–Crippen MR) is 43.2 cm³/mol. The minimum atomic E-state index is -3.58. The molecule has 1 unspecified atom stereocenters. The number of aliphatic carboxylic acids is 1. The first-order chi connectivity index (χ1) is 7.75. The maximum atomic E-state index is 10.7. The van der Waals surface area contributed by atoms with Gasteiger partial charge in [-0.1, -0.05) is 0 Å². The highest BCUT2D eigenvalue weighted by atomic mass is 16.7. The number of azo groups is 1. The summed E-state index contributed by atoms with van der Waals surface area (Å²) >= 11 is 0. The summed E-state index contributed by atoms with van der Waals surface area (Å²) < 4.78 is 0. The molecule has 13 nitrogen and oxygen atoms in total. The topological polar surface area (TPSA) is 191 Å². The lowest BCUT2D eigenvalue weighted by atomic mass is 10.1. The summed E-state index contributed by atoms with van der Waals surface area (Å²) in [6.45, 7) is 0. The molecular weight excluding hydrogens is 246 g/mol. The van der Waals surface area contributed by atoms with Gasteiger partial charge in [0.1, 0.15) is 0 Å². The van der Waals surface area contributed by atoms with E-state index in [2.05, 4.69) is 10.2 Å². The average Bonchev–Trinajstić information content (AvgIpc) is 2.57. The second kappa shape index (κ2) is 3.54. The highest BCUT2D eigenvalue weighted by Gasteiger charge is 2.74. The maximum absolute atomic E-state index is 10.7. The Morgan fingerprint density at radius 1 is 1.18 bits per heavy atom. The van der Waals surface area contributed by atoms with E-state index in [-0.39, 0.29) is 0 Å². The maximum Gasteiger partial charge on any atom is 0.541 e. The predicted octanol–water partition coefficient (Wildman–Crippen LogP) is -0.768. The molecule has 0 saturated heterocycles. The normalized spacial score (nSPS) is 22.6. The first-order valence-corrected chi connectivity index (χ1v) is 3.59. The van der Waals surface area contributed by atoms with Crippen LogP contribution in [0.25, 0.3) is 0 Å². The zero-order chi connectivity index (χ0) is 13.4. The van der Waals surface area contributed by atoms with Crippen LogP contribution in [0.4, 0.5) is 0 Å². The van der Waals surface area contributed by atoms with Crippen molar-refractivity contribution in [3.63, 3.8) is 0 Å². The van der Waals surface area contributed by atoms with Crippen molar-refractivity contribution in [2.45, 2.75) is 5.66 Å². The number of carboxylic acid groups (broad SMARTS) is 1. The van der Waals surface area contributed by atoms with Crippen molar-refractivity contribution in [1.82, 2.24) is 0 Å². The Hall–Kier alpha value is -2.99. The molecule has 17 heavy (non-hydrogen) atoms. The molecule has 1 heterocycles. The Kier molecular flexibility index (Phi) is 2.52. The van der Waals surface area contributed by atoms with Gasteiger partial charge in [-0.3, -0.25) is 20.2 Å². The van der Waals surface area contributed by atoms with Crippen LogP contribution in [0.2, 0.25) is 0 Å². The number of nitrogens with zero attached hydrogens (tertiary/aromatic N) is 5. The van der Waals surface area contributed by atoms with Gasteiger partial charge in [-0.15, -0.1) is 0 Å². The number of hydrogen-bond donors (Lipinski definition) is 1. The van der Waals surface area contributed by atoms with Gasteiger partial charge in [0.05, 0.1) is 15.0 Å². The fourth-order valence-corrected chi connectivity index (χ4v) is 1.05. The number of rotatable bonds is 4. The highest BCUT2D eigenvalue weighted by Crippen LogP contribution is 2.33. The molecule has 0 aromatic carbocycles. The molecule has 0 aromatic heterocycles. The Labute approximate surface area is 89.5 Å². The van der Waals surface area contributed by atoms with Crippen LogP contribution in [0.1, 0.15) is 0 Å². The van der Waals surface area contributed by atoms with Gasteiger partial charge in [0.15, 0.2) is 0 Å². The molecule has 0 aliphatic carbocycles. The Morgan fingerprint density at radius 2 is 1.71 bits per heavy atom. The molecule has 1 N–H and O–H groups in total. The third-order valence-corrected chi connectivity index (χ3v) is 1.75. The zero-order valence-electron chi connectivity index (χ0n) is 7.54. The molecule has 0 radical (unpaired) electrons. The number of nitro groups is 3. The number of carboxylic acids is 1. The van der Waals surface area contributed by atoms with E-state index < -0.39 is 37.9 Å². The van der Waals surface area contributed by atoms with E-state index in [1.165, 1.54) is 0 Å². The lowest BCUT2D eigenvalue weighted by Crippen LogP contribution is -2.47. The molecule has 1 aliphatic heterocycles. The quantitative estimate of drug-likeness (QED) is 0.493. The van der Waals surface area contributed by atoms with Crippen LogP contribution in [0, 0.1) is 30.3 Å². The van der Waals surface area contributed by atoms with Gasteiger partial charge in [0, 0.05) is 5.11 Å². The van der Waals surface area contributed by atoms with Gasteiger partial charge >= 0.3 is 23.2 Å². The van der Waals surface area contributed by atoms with Crippen molar-refractivity contribution in [1.29, 1.82) is 0 Å². The van der Waals surface area contributed by atoms with Crippen molar-refractivity contribution < 1.29 is 24.7 Å². The van der Waals surface area contributed by atoms with Crippen LogP contribution in [0.5, 0.6) is 0 Å². The highest BCUT2D eigenvalue weighted by molar-refractivity contribution is 5.80. The van der Waals surface area contributed by atoms with E-state index in [9.17, 15) is 35.1 Å². The second-order valence-electron chi connectivity index (χ2n) is 2.62. The van der Waals surface area contributed by atoms with Gasteiger partial charge in [-0.2, -0.15) is 0 Å². The molecule has 0 aromatic rings. The Morgan fingerprint density at radius 3 is 2.00 bits per heavy atom. The lowest BCUT2D eigenvalue weighted by molar-refractivity contribution is -0.584. The van der Waals surface area contributed by atoms with Crippen LogP contribution in [-0.2, 0) is 4.79 Å². The zero-order valence-corrected chi connectivity index (χ0v) is 7.54. The molecule has 0 spiro atoms. The van der Waals surface area contributed by atoms with E-state index >= 15 is 0 Å². The molecule has 0 saturated carbocycles. The molecule has 1 atom stereocenters. The monoisotopic (exact) mass is 247 g/mol. The fraction of sp³-hybridized carbons (Fsp3) is 0.250. The molecule has 0 amide bonds. The molecular formula is C4HN5O8. The lowest BCUT2D eigenvalue weighted by Gasteiger charge is -2.05. The van der Waals surface area contributed by atoms with E-state index in [1.807, 2.05) is 0 Å². The molecule has 90 valence electrons. The minimum Gasteiger partial charge on any atom is -0.474 e. The van der Waals surface area contributed by atoms with Crippen LogP contribution < -0.4 is 0 Å². The summed E-state index contributed by atoms with van der Waals surface area (Å²) in [5.74, 6) is -3.91. The number of hydrogen-bond acceptors (Lipinski definition) is 9. The first kappa shape index (κ1) is 12.1. The molecule has 1 aliphatic rings. The van der Waals surface area contributed by atoms with Crippen molar-refractivity contribution in [2.24, 2.45) is 10.2 Å². The minimum absolute atomic E-state index is 1.42. The summed E-state index contributed by atoms with van der Waals surface area (Å²) in [4.78, 5) is 37.5. The van der Waals surface area contributed by atoms with Gasteiger partial charge < -0.3 is 15.2 Å². The summed E-state index contributed by atoms with van der Waals surface area (Å²) in [6.07, 6.45) is 0. The first-order valence-electron chi connectivity index (χ1n) is 3.59. The van der Waals surface area contributed by atoms with Crippen LogP contribution >= 0.6 is 0 Å². The van der Waals surface area contributed by atoms with Crippen molar-refractivity contribution >= 4 is 5.97 Å². The smallest absolute Gasteiger partial charge is 0.474 e. The van der Waals surface area contributed by atoms with E-state index in [0.717, 1.165) is 0 Å². The Balaban J connectivity index is 3.62.